The molecular formula is C13H16N2O3. The molecule has 0 aliphatic carbocycles. The number of nitrogens with one attached hydrogen (secondary N) is 2. The van der Waals surface area contributed by atoms with Crippen molar-refractivity contribution in [1.29, 1.82) is 0 Å². The number of anilines is 1. The largest absolute Gasteiger partial charge is 0.388 e. The lowest BCUT2D eigenvalue weighted by Gasteiger charge is -2.27. The van der Waals surface area contributed by atoms with E-state index in [0.717, 1.165) is 0 Å². The van der Waals surface area contributed by atoms with Crippen LogP contribution in [0, 0.1) is 0 Å². The van der Waals surface area contributed by atoms with Gasteiger partial charge in [0.1, 0.15) is 0 Å². The summed E-state index contributed by atoms with van der Waals surface area (Å²) in [5.74, 6) is -0.744. The van der Waals surface area contributed by atoms with Crippen molar-refractivity contribution in [2.45, 2.75) is 32.4 Å². The number of fused-ring (bicyclic) bond motifs is 1. The number of carbonyl (C=O) groups excluding carboxylic acids is 2. The summed E-state index contributed by atoms with van der Waals surface area (Å²) in [5.41, 5.74) is 0.583. The molecule has 1 atom stereocenters. The molecule has 0 fully saturated rings. The quantitative estimate of drug-likeness (QED) is 0.701. The molecule has 1 aromatic carbocycles. The Morgan fingerprint density at radius 2 is 1.83 bits per heavy atom. The van der Waals surface area contributed by atoms with Gasteiger partial charge in [-0.2, -0.15) is 0 Å². The maximum absolute atomic E-state index is 11.5. The smallest absolute Gasteiger partial charge is 0.259 e. The topological polar surface area (TPSA) is 78.4 Å². The average molecular weight is 248 g/mol. The zero-order valence-corrected chi connectivity index (χ0v) is 10.6. The van der Waals surface area contributed by atoms with Gasteiger partial charge >= 0.3 is 0 Å². The van der Waals surface area contributed by atoms with Crippen molar-refractivity contribution in [3.8, 4) is 0 Å². The molecule has 0 aromatic heterocycles. The summed E-state index contributed by atoms with van der Waals surface area (Å²) in [7, 11) is 0. The Bertz CT molecular complexity index is 517. The van der Waals surface area contributed by atoms with Crippen molar-refractivity contribution in [2.24, 2.45) is 0 Å². The molecule has 1 aliphatic rings. The first-order valence-electron chi connectivity index (χ1n) is 5.77. The highest BCUT2D eigenvalue weighted by Gasteiger charge is 2.27. The Labute approximate surface area is 105 Å². The Hall–Kier alpha value is -1.88. The van der Waals surface area contributed by atoms with Crippen LogP contribution in [-0.4, -0.2) is 28.6 Å². The molecule has 0 bridgehead atoms. The van der Waals surface area contributed by atoms with Gasteiger partial charge in [-0.15, -0.1) is 0 Å². The van der Waals surface area contributed by atoms with E-state index in [1.54, 1.807) is 32.0 Å². The molecule has 1 aliphatic heterocycles. The molecule has 1 unspecified atom stereocenters. The van der Waals surface area contributed by atoms with E-state index in [0.29, 0.717) is 16.8 Å². The monoisotopic (exact) mass is 248 g/mol. The molecule has 5 nitrogen and oxygen atoms in total. The number of carbonyl (C=O) groups is 2. The normalized spacial score (nSPS) is 16.2. The molecule has 1 heterocycles. The number of hydrogen-bond donors (Lipinski definition) is 3. The highest BCUT2D eigenvalue weighted by Crippen LogP contribution is 2.22. The summed E-state index contributed by atoms with van der Waals surface area (Å²) >= 11 is 0. The zero-order valence-electron chi connectivity index (χ0n) is 10.6. The fraction of sp³-hybridized carbons (Fsp3) is 0.385. The summed E-state index contributed by atoms with van der Waals surface area (Å²) < 4.78 is 0. The van der Waals surface area contributed by atoms with Crippen molar-refractivity contribution in [3.63, 3.8) is 0 Å². The number of amides is 2. The molecule has 5 heteroatoms. The SMILES string of the molecule is CC(Nc1ccc2c(c1)C(=O)NC2=O)C(C)(C)O. The average Bonchev–Trinajstić information content (AvgIpc) is 2.53. The second-order valence-corrected chi connectivity index (χ2v) is 5.06. The molecule has 3 N–H and O–H groups in total. The third-order valence-corrected chi connectivity index (χ3v) is 3.18. The lowest BCUT2D eigenvalue weighted by atomic mass is 10.00. The van der Waals surface area contributed by atoms with Crippen LogP contribution in [0.3, 0.4) is 0 Å². The molecule has 0 spiro atoms. The van der Waals surface area contributed by atoms with Gasteiger partial charge in [0.05, 0.1) is 22.8 Å². The molecule has 18 heavy (non-hydrogen) atoms. The Morgan fingerprint density at radius 3 is 2.44 bits per heavy atom. The Kier molecular flexibility index (Phi) is 2.86. The van der Waals surface area contributed by atoms with E-state index in [1.807, 2.05) is 6.92 Å². The standard InChI is InChI=1S/C13H16N2O3/c1-7(13(2,3)18)14-8-4-5-9-10(6-8)12(17)15-11(9)16/h4-7,14,18H,1-3H3,(H,15,16,17). The summed E-state index contributed by atoms with van der Waals surface area (Å²) in [5, 5.41) is 15.2. The van der Waals surface area contributed by atoms with Crippen LogP contribution in [0.15, 0.2) is 18.2 Å². The van der Waals surface area contributed by atoms with Crippen molar-refractivity contribution in [3.05, 3.63) is 29.3 Å². The van der Waals surface area contributed by atoms with E-state index in [1.165, 1.54) is 0 Å². The molecule has 0 saturated carbocycles. The van der Waals surface area contributed by atoms with Crippen molar-refractivity contribution in [1.82, 2.24) is 5.32 Å². The van der Waals surface area contributed by atoms with Crippen LogP contribution in [0.1, 0.15) is 41.5 Å². The number of aliphatic hydroxyl groups is 1. The van der Waals surface area contributed by atoms with Gasteiger partial charge in [0.15, 0.2) is 0 Å². The van der Waals surface area contributed by atoms with Gasteiger partial charge in [0.2, 0.25) is 0 Å². The number of imide groups is 1. The minimum absolute atomic E-state index is 0.185. The third kappa shape index (κ3) is 2.22. The van der Waals surface area contributed by atoms with Gasteiger partial charge in [0.25, 0.3) is 11.8 Å². The first-order valence-corrected chi connectivity index (χ1v) is 5.77. The first-order chi connectivity index (χ1) is 8.29. The van der Waals surface area contributed by atoms with E-state index < -0.39 is 5.60 Å². The van der Waals surface area contributed by atoms with Crippen LogP contribution in [0.5, 0.6) is 0 Å². The van der Waals surface area contributed by atoms with E-state index in [-0.39, 0.29) is 17.9 Å². The zero-order chi connectivity index (χ0) is 13.5. The fourth-order valence-electron chi connectivity index (χ4n) is 1.68. The second-order valence-electron chi connectivity index (χ2n) is 5.06. The van der Waals surface area contributed by atoms with E-state index in [9.17, 15) is 14.7 Å². The minimum Gasteiger partial charge on any atom is -0.388 e. The summed E-state index contributed by atoms with van der Waals surface area (Å²) in [4.78, 5) is 22.9. The lowest BCUT2D eigenvalue weighted by Crippen LogP contribution is -2.39. The van der Waals surface area contributed by atoms with Gasteiger partial charge in [-0.3, -0.25) is 14.9 Å². The number of rotatable bonds is 3. The molecule has 96 valence electrons. The predicted octanol–water partition coefficient (Wildman–Crippen LogP) is 1.14. The van der Waals surface area contributed by atoms with Gasteiger partial charge < -0.3 is 10.4 Å². The van der Waals surface area contributed by atoms with Crippen molar-refractivity contribution in [2.75, 3.05) is 5.32 Å². The first kappa shape index (κ1) is 12.6. The van der Waals surface area contributed by atoms with Crippen LogP contribution in [-0.2, 0) is 0 Å². The maximum atomic E-state index is 11.5. The number of benzene rings is 1. The summed E-state index contributed by atoms with van der Waals surface area (Å²) in [6, 6.07) is 4.77. The van der Waals surface area contributed by atoms with Gasteiger partial charge in [-0.25, -0.2) is 0 Å². The van der Waals surface area contributed by atoms with Gasteiger partial charge in [-0.1, -0.05) is 0 Å². The van der Waals surface area contributed by atoms with Crippen LogP contribution >= 0.6 is 0 Å². The van der Waals surface area contributed by atoms with Crippen LogP contribution in [0.25, 0.3) is 0 Å². The van der Waals surface area contributed by atoms with E-state index >= 15 is 0 Å². The molecule has 2 amide bonds. The molecule has 0 saturated heterocycles. The maximum Gasteiger partial charge on any atom is 0.259 e. The minimum atomic E-state index is -0.878. The third-order valence-electron chi connectivity index (χ3n) is 3.18. The highest BCUT2D eigenvalue weighted by molar-refractivity contribution is 6.21. The Morgan fingerprint density at radius 1 is 1.22 bits per heavy atom. The van der Waals surface area contributed by atoms with Crippen LogP contribution in [0.4, 0.5) is 5.69 Å². The fourth-order valence-corrected chi connectivity index (χ4v) is 1.68. The van der Waals surface area contributed by atoms with Crippen LogP contribution < -0.4 is 10.6 Å². The predicted molar refractivity (Wildman–Crippen MR) is 67.6 cm³/mol. The molecule has 2 rings (SSSR count). The van der Waals surface area contributed by atoms with E-state index in [4.69, 9.17) is 0 Å². The van der Waals surface area contributed by atoms with Crippen molar-refractivity contribution < 1.29 is 14.7 Å². The molecule has 0 radical (unpaired) electrons. The number of hydrogen-bond acceptors (Lipinski definition) is 4. The summed E-state index contributed by atoms with van der Waals surface area (Å²) in [6.07, 6.45) is 0. The van der Waals surface area contributed by atoms with Crippen LogP contribution in [0.2, 0.25) is 0 Å². The summed E-state index contributed by atoms with van der Waals surface area (Å²) in [6.45, 7) is 5.25. The highest BCUT2D eigenvalue weighted by atomic mass is 16.3. The van der Waals surface area contributed by atoms with Crippen molar-refractivity contribution >= 4 is 17.5 Å². The second kappa shape index (κ2) is 4.10. The Balaban J connectivity index is 2.26. The molecule has 1 aromatic rings. The van der Waals surface area contributed by atoms with Gasteiger partial charge in [0, 0.05) is 5.69 Å². The van der Waals surface area contributed by atoms with Gasteiger partial charge in [-0.05, 0) is 39.0 Å². The molecular weight excluding hydrogens is 232 g/mol. The lowest BCUT2D eigenvalue weighted by molar-refractivity contribution is 0.0649. The van der Waals surface area contributed by atoms with E-state index in [2.05, 4.69) is 10.6 Å².